The molecule has 0 aromatic carbocycles. The maximum atomic E-state index is 12.9. The molecule has 0 saturated carbocycles. The lowest BCUT2D eigenvalue weighted by Gasteiger charge is -2.51. The van der Waals surface area contributed by atoms with Gasteiger partial charge in [-0.2, -0.15) is 0 Å². The number of ether oxygens (including phenoxy) is 2. The quantitative estimate of drug-likeness (QED) is 0.176. The van der Waals surface area contributed by atoms with Gasteiger partial charge in [0.05, 0.1) is 5.41 Å². The van der Waals surface area contributed by atoms with Crippen LogP contribution in [-0.4, -0.2) is 70.7 Å². The molecule has 1 aromatic heterocycles. The van der Waals surface area contributed by atoms with Crippen LogP contribution in [0.25, 0.3) is 0 Å². The number of nitrogens with one attached hydrogen (secondary N) is 1. The number of carbonyl (C=O) groups is 4. The monoisotopic (exact) mass is 511 g/mol. The average Bonchev–Trinajstić information content (AvgIpc) is 3.20. The van der Waals surface area contributed by atoms with Gasteiger partial charge in [-0.15, -0.1) is 23.1 Å². The molecule has 1 saturated heterocycles. The summed E-state index contributed by atoms with van der Waals surface area (Å²) in [5.74, 6) is -2.41. The lowest BCUT2D eigenvalue weighted by molar-refractivity contribution is -0.179. The number of aromatic nitrogens is 1. The highest BCUT2D eigenvalue weighted by atomic mass is 32.2. The summed E-state index contributed by atoms with van der Waals surface area (Å²) in [6.07, 6.45) is 0. The van der Waals surface area contributed by atoms with Gasteiger partial charge in [-0.25, -0.2) is 9.78 Å². The highest BCUT2D eigenvalue weighted by molar-refractivity contribution is 8.02. The molecule has 2 aliphatic rings. The molecule has 14 heteroatoms. The maximum absolute atomic E-state index is 12.9. The molecule has 3 atom stereocenters. The molecule has 0 radical (unpaired) electrons. The second kappa shape index (κ2) is 10.0. The molecule has 1 aromatic rings. The molecule has 0 aliphatic carbocycles. The molecule has 0 bridgehead atoms. The van der Waals surface area contributed by atoms with Gasteiger partial charge < -0.3 is 30.3 Å². The molecule has 3 N–H and O–H groups in total. The number of hydrogen-bond donors (Lipinski definition) is 2. The Morgan fingerprint density at radius 1 is 1.29 bits per heavy atom. The Morgan fingerprint density at radius 2 is 2.00 bits per heavy atom. The first-order chi connectivity index (χ1) is 16.0. The van der Waals surface area contributed by atoms with E-state index in [1.807, 2.05) is 0 Å². The van der Waals surface area contributed by atoms with Crippen molar-refractivity contribution in [3.05, 3.63) is 22.1 Å². The van der Waals surface area contributed by atoms with Crippen LogP contribution < -0.4 is 11.1 Å². The van der Waals surface area contributed by atoms with Crippen LogP contribution in [0.4, 0.5) is 5.13 Å². The van der Waals surface area contributed by atoms with Gasteiger partial charge in [0, 0.05) is 5.38 Å². The van der Waals surface area contributed by atoms with E-state index in [-0.39, 0.29) is 16.5 Å². The molecular formula is C20H25N5O7S2. The van der Waals surface area contributed by atoms with E-state index in [2.05, 4.69) is 15.5 Å². The zero-order chi connectivity index (χ0) is 25.2. The number of carbonyl (C=O) groups excluding carboxylic acids is 4. The van der Waals surface area contributed by atoms with Crippen molar-refractivity contribution < 1.29 is 33.5 Å². The van der Waals surface area contributed by atoms with E-state index in [9.17, 15) is 19.2 Å². The lowest BCUT2D eigenvalue weighted by Crippen LogP contribution is -2.74. The van der Waals surface area contributed by atoms with Crippen LogP contribution in [0.2, 0.25) is 0 Å². The van der Waals surface area contributed by atoms with E-state index >= 15 is 0 Å². The zero-order valence-corrected chi connectivity index (χ0v) is 20.8. The van der Waals surface area contributed by atoms with Crippen molar-refractivity contribution in [1.82, 2.24) is 15.2 Å². The Balaban J connectivity index is 1.66. The predicted molar refractivity (Wildman–Crippen MR) is 124 cm³/mol. The number of esters is 2. The second-order valence-electron chi connectivity index (χ2n) is 8.44. The number of hydrogen-bond acceptors (Lipinski definition) is 12. The van der Waals surface area contributed by atoms with Crippen LogP contribution in [0.1, 0.15) is 33.4 Å². The number of thiazole rings is 1. The second-order valence-corrected chi connectivity index (χ2v) is 10.3. The summed E-state index contributed by atoms with van der Waals surface area (Å²) >= 11 is 2.41. The van der Waals surface area contributed by atoms with E-state index in [1.54, 1.807) is 38.5 Å². The minimum atomic E-state index is -0.995. The van der Waals surface area contributed by atoms with Crippen LogP contribution in [0, 0.1) is 5.41 Å². The number of oxime groups is 1. The van der Waals surface area contributed by atoms with Crippen molar-refractivity contribution >= 4 is 57.7 Å². The fourth-order valence-electron chi connectivity index (χ4n) is 3.14. The minimum absolute atomic E-state index is 0.133. The van der Waals surface area contributed by atoms with Gasteiger partial charge in [0.2, 0.25) is 12.7 Å². The van der Waals surface area contributed by atoms with Gasteiger partial charge >= 0.3 is 11.9 Å². The summed E-state index contributed by atoms with van der Waals surface area (Å²) in [7, 11) is 1.28. The predicted octanol–water partition coefficient (Wildman–Crippen LogP) is 0.838. The Morgan fingerprint density at radius 3 is 2.59 bits per heavy atom. The molecule has 12 nitrogen and oxygen atoms in total. The van der Waals surface area contributed by atoms with Crippen LogP contribution in [0.5, 0.6) is 0 Å². The van der Waals surface area contributed by atoms with Crippen molar-refractivity contribution in [3.8, 4) is 0 Å². The molecule has 2 aliphatic heterocycles. The normalized spacial score (nSPS) is 22.2. The Bertz CT molecular complexity index is 1060. The molecule has 0 unspecified atom stereocenters. The van der Waals surface area contributed by atoms with Crippen LogP contribution in [-0.2, 0) is 33.5 Å². The van der Waals surface area contributed by atoms with Gasteiger partial charge in [0.15, 0.2) is 16.9 Å². The summed E-state index contributed by atoms with van der Waals surface area (Å²) in [6, 6.07) is -1.90. The summed E-state index contributed by atoms with van der Waals surface area (Å²) in [6.45, 7) is 6.14. The first kappa shape index (κ1) is 25.5. The molecule has 184 valence electrons. The zero-order valence-electron chi connectivity index (χ0n) is 19.2. The van der Waals surface area contributed by atoms with Gasteiger partial charge in [-0.05, 0) is 38.7 Å². The van der Waals surface area contributed by atoms with E-state index < -0.39 is 53.4 Å². The Kier molecular flexibility index (Phi) is 7.51. The number of thioether (sulfide) groups is 1. The summed E-state index contributed by atoms with van der Waals surface area (Å²) < 4.78 is 10.1. The van der Waals surface area contributed by atoms with Gasteiger partial charge in [-0.1, -0.05) is 5.16 Å². The number of amides is 2. The fraction of sp³-hybridized carbons (Fsp3) is 0.500. The van der Waals surface area contributed by atoms with E-state index in [0.29, 0.717) is 5.57 Å². The highest BCUT2D eigenvalue weighted by Crippen LogP contribution is 2.40. The van der Waals surface area contributed by atoms with Crippen molar-refractivity contribution in [3.63, 3.8) is 0 Å². The van der Waals surface area contributed by atoms with E-state index in [1.165, 1.54) is 23.8 Å². The van der Waals surface area contributed by atoms with Gasteiger partial charge in [0.1, 0.15) is 24.2 Å². The SMILES string of the molecule is CON=C(C(=O)N[C@@H]1C(=O)N2[C@@H](C(=O)OCOC(=O)C(C)(C)C)C(C)=CS[C@H]12)c1csc(N)n1. The number of nitrogens with zero attached hydrogens (tertiary/aromatic N) is 3. The first-order valence-electron chi connectivity index (χ1n) is 10.1. The van der Waals surface area contributed by atoms with Crippen molar-refractivity contribution in [2.75, 3.05) is 19.6 Å². The summed E-state index contributed by atoms with van der Waals surface area (Å²) in [5, 5.41) is 9.29. The topological polar surface area (TPSA) is 163 Å². The Hall–Kier alpha value is -3.13. The van der Waals surface area contributed by atoms with Crippen LogP contribution in [0.15, 0.2) is 21.5 Å². The van der Waals surface area contributed by atoms with Crippen molar-refractivity contribution in [2.24, 2.45) is 10.6 Å². The number of rotatable bonds is 7. The fourth-order valence-corrected chi connectivity index (χ4v) is 4.87. The van der Waals surface area contributed by atoms with E-state index in [4.69, 9.17) is 20.0 Å². The average molecular weight is 512 g/mol. The third-order valence-electron chi connectivity index (χ3n) is 4.86. The smallest absolute Gasteiger partial charge is 0.336 e. The molecule has 2 amide bonds. The van der Waals surface area contributed by atoms with Crippen molar-refractivity contribution in [2.45, 2.75) is 45.2 Å². The first-order valence-corrected chi connectivity index (χ1v) is 11.9. The number of anilines is 1. The van der Waals surface area contributed by atoms with Crippen molar-refractivity contribution in [1.29, 1.82) is 0 Å². The molecule has 0 spiro atoms. The minimum Gasteiger partial charge on any atom is -0.427 e. The highest BCUT2D eigenvalue weighted by Gasteiger charge is 2.55. The maximum Gasteiger partial charge on any atom is 0.336 e. The van der Waals surface area contributed by atoms with E-state index in [0.717, 1.165) is 11.3 Å². The lowest BCUT2D eigenvalue weighted by atomic mass is 9.98. The molecule has 3 heterocycles. The summed E-state index contributed by atoms with van der Waals surface area (Å²) in [4.78, 5) is 60.3. The molecule has 1 fully saturated rings. The number of nitrogen functional groups attached to an aromatic ring is 1. The number of β-lactam (4-membered cyclic amide) rings is 1. The van der Waals surface area contributed by atoms with Crippen LogP contribution >= 0.6 is 23.1 Å². The van der Waals surface area contributed by atoms with Gasteiger partial charge in [-0.3, -0.25) is 14.4 Å². The summed E-state index contributed by atoms with van der Waals surface area (Å²) in [5.41, 5.74) is 5.55. The third-order valence-corrected chi connectivity index (χ3v) is 6.82. The number of nitrogens with two attached hydrogens (primary N) is 1. The standard InChI is InChI=1S/C20H25N5O7S2/c1-9-6-33-16-12(23-14(26)11(24-30-5)10-7-34-19(21)22-10)15(27)25(16)13(9)17(28)31-8-32-18(29)20(2,3)4/h6-7,12-13,16H,8H2,1-5H3,(H2,21,22)(H,23,26)/t12-,13-,16-/m1/s1. The molecule has 3 rings (SSSR count). The molecule has 34 heavy (non-hydrogen) atoms. The largest absolute Gasteiger partial charge is 0.427 e. The third kappa shape index (κ3) is 5.17. The van der Waals surface area contributed by atoms with Gasteiger partial charge in [0.25, 0.3) is 5.91 Å². The molecular weight excluding hydrogens is 486 g/mol. The van der Waals surface area contributed by atoms with Crippen LogP contribution in [0.3, 0.4) is 0 Å². The Labute approximate surface area is 203 Å². The number of fused-ring (bicyclic) bond motifs is 1.